The average molecular weight is 328 g/mol. The number of rotatable bonds is 6. The summed E-state index contributed by atoms with van der Waals surface area (Å²) in [4.78, 5) is 1.37. The normalized spacial score (nSPS) is 18.1. The second-order valence-electron chi connectivity index (χ2n) is 4.97. The third-order valence-corrected chi connectivity index (χ3v) is 5.34. The summed E-state index contributed by atoms with van der Waals surface area (Å²) >= 11 is 5.46. The fourth-order valence-electron chi connectivity index (χ4n) is 2.70. The van der Waals surface area contributed by atoms with Crippen molar-refractivity contribution >= 4 is 27.7 Å². The summed E-state index contributed by atoms with van der Waals surface area (Å²) in [7, 11) is 0. The van der Waals surface area contributed by atoms with Crippen molar-refractivity contribution in [1.29, 1.82) is 0 Å². The molecule has 1 unspecified atom stereocenters. The number of benzene rings is 1. The quantitative estimate of drug-likeness (QED) is 0.759. The Bertz CT molecular complexity index is 346. The lowest BCUT2D eigenvalue weighted by molar-refractivity contribution is 0.394. The summed E-state index contributed by atoms with van der Waals surface area (Å²) in [5, 5.41) is 3.68. The Morgan fingerprint density at radius 1 is 1.28 bits per heavy atom. The third-order valence-electron chi connectivity index (χ3n) is 3.68. The maximum Gasteiger partial charge on any atom is 0.0189 e. The molecule has 0 spiro atoms. The lowest BCUT2D eigenvalue weighted by Crippen LogP contribution is -2.37. The van der Waals surface area contributed by atoms with E-state index < -0.39 is 0 Å². The number of thioether (sulfide) groups is 1. The van der Waals surface area contributed by atoms with Crippen LogP contribution in [0.4, 0.5) is 0 Å². The van der Waals surface area contributed by atoms with Crippen molar-refractivity contribution in [2.24, 2.45) is 5.92 Å². The van der Waals surface area contributed by atoms with E-state index in [1.165, 1.54) is 36.3 Å². The van der Waals surface area contributed by atoms with Crippen molar-refractivity contribution < 1.29 is 0 Å². The van der Waals surface area contributed by atoms with Gasteiger partial charge in [0.15, 0.2) is 0 Å². The van der Waals surface area contributed by atoms with Crippen LogP contribution in [0.25, 0.3) is 0 Å². The second-order valence-corrected chi connectivity index (χ2v) is 6.98. The first-order valence-corrected chi connectivity index (χ1v) is 8.69. The van der Waals surface area contributed by atoms with Gasteiger partial charge in [0.25, 0.3) is 0 Å². The minimum Gasteiger partial charge on any atom is -0.313 e. The molecule has 1 aliphatic carbocycles. The molecule has 100 valence electrons. The van der Waals surface area contributed by atoms with Gasteiger partial charge in [0.2, 0.25) is 0 Å². The summed E-state index contributed by atoms with van der Waals surface area (Å²) in [6, 6.07) is 9.34. The summed E-state index contributed by atoms with van der Waals surface area (Å²) in [5.41, 5.74) is 0. The molecule has 1 aliphatic rings. The van der Waals surface area contributed by atoms with Gasteiger partial charge in [-0.25, -0.2) is 0 Å². The largest absolute Gasteiger partial charge is 0.313 e. The Hall–Kier alpha value is 0.01000. The van der Waals surface area contributed by atoms with Crippen LogP contribution in [0.15, 0.2) is 33.6 Å². The molecule has 18 heavy (non-hydrogen) atoms. The highest BCUT2D eigenvalue weighted by Crippen LogP contribution is 2.31. The van der Waals surface area contributed by atoms with E-state index in [0.29, 0.717) is 6.04 Å². The number of hydrogen-bond donors (Lipinski definition) is 1. The van der Waals surface area contributed by atoms with Crippen LogP contribution in [0.1, 0.15) is 32.6 Å². The van der Waals surface area contributed by atoms with Gasteiger partial charge in [0, 0.05) is 21.2 Å². The van der Waals surface area contributed by atoms with Crippen LogP contribution < -0.4 is 5.32 Å². The van der Waals surface area contributed by atoms with Gasteiger partial charge in [-0.1, -0.05) is 35.7 Å². The van der Waals surface area contributed by atoms with E-state index in [1.807, 2.05) is 11.8 Å². The first-order valence-electron chi connectivity index (χ1n) is 6.91. The summed E-state index contributed by atoms with van der Waals surface area (Å²) in [6.07, 6.45) is 5.68. The molecule has 1 nitrogen and oxygen atoms in total. The molecule has 2 rings (SSSR count). The topological polar surface area (TPSA) is 12.0 Å². The zero-order chi connectivity index (χ0) is 12.8. The van der Waals surface area contributed by atoms with Crippen molar-refractivity contribution in [2.75, 3.05) is 12.3 Å². The van der Waals surface area contributed by atoms with Crippen molar-refractivity contribution in [3.8, 4) is 0 Å². The van der Waals surface area contributed by atoms with E-state index in [9.17, 15) is 0 Å². The lowest BCUT2D eigenvalue weighted by atomic mass is 10.00. The van der Waals surface area contributed by atoms with Crippen LogP contribution >= 0.6 is 27.7 Å². The molecule has 0 bridgehead atoms. The summed E-state index contributed by atoms with van der Waals surface area (Å²) in [6.45, 7) is 3.30. The maximum atomic E-state index is 3.68. The van der Waals surface area contributed by atoms with Gasteiger partial charge in [-0.05, 0) is 49.6 Å². The third kappa shape index (κ3) is 4.29. The first kappa shape index (κ1) is 14.4. The highest BCUT2D eigenvalue weighted by Gasteiger charge is 2.24. The van der Waals surface area contributed by atoms with E-state index in [4.69, 9.17) is 0 Å². The number of hydrogen-bond acceptors (Lipinski definition) is 2. The molecule has 0 saturated heterocycles. The molecular weight excluding hydrogens is 306 g/mol. The Morgan fingerprint density at radius 2 is 1.94 bits per heavy atom. The Labute approximate surface area is 123 Å². The fourth-order valence-corrected chi connectivity index (χ4v) is 4.06. The molecule has 3 heteroatoms. The SMILES string of the molecule is CCNC(CSc1ccc(Br)cc1)C1CCCC1. The zero-order valence-corrected chi connectivity index (χ0v) is 13.4. The van der Waals surface area contributed by atoms with Crippen molar-refractivity contribution in [3.05, 3.63) is 28.7 Å². The van der Waals surface area contributed by atoms with Gasteiger partial charge in [-0.15, -0.1) is 11.8 Å². The maximum absolute atomic E-state index is 3.68. The van der Waals surface area contributed by atoms with E-state index in [-0.39, 0.29) is 0 Å². The van der Waals surface area contributed by atoms with Gasteiger partial charge < -0.3 is 5.32 Å². The van der Waals surface area contributed by atoms with E-state index in [1.54, 1.807) is 0 Å². The Kier molecular flexibility index (Phi) is 6.06. The van der Waals surface area contributed by atoms with Crippen LogP contribution in [-0.2, 0) is 0 Å². The van der Waals surface area contributed by atoms with Crippen molar-refractivity contribution in [3.63, 3.8) is 0 Å². The van der Waals surface area contributed by atoms with Crippen LogP contribution in [0.3, 0.4) is 0 Å². The smallest absolute Gasteiger partial charge is 0.0189 e. The molecule has 1 aromatic rings. The summed E-state index contributed by atoms with van der Waals surface area (Å²) < 4.78 is 1.16. The van der Waals surface area contributed by atoms with Gasteiger partial charge in [-0.3, -0.25) is 0 Å². The molecule has 1 fully saturated rings. The van der Waals surface area contributed by atoms with Gasteiger partial charge in [0.05, 0.1) is 0 Å². The predicted octanol–water partition coefficient (Wildman–Crippen LogP) is 4.71. The van der Waals surface area contributed by atoms with Gasteiger partial charge in [0.1, 0.15) is 0 Å². The summed E-state index contributed by atoms with van der Waals surface area (Å²) in [5.74, 6) is 2.09. The molecule has 1 atom stereocenters. The molecule has 0 aromatic heterocycles. The van der Waals surface area contributed by atoms with E-state index in [2.05, 4.69) is 52.4 Å². The molecule has 0 heterocycles. The second kappa shape index (κ2) is 7.56. The van der Waals surface area contributed by atoms with Crippen LogP contribution in [0, 0.1) is 5.92 Å². The van der Waals surface area contributed by atoms with Gasteiger partial charge in [-0.2, -0.15) is 0 Å². The Balaban J connectivity index is 1.86. The van der Waals surface area contributed by atoms with Crippen LogP contribution in [-0.4, -0.2) is 18.3 Å². The molecular formula is C15H22BrNS. The monoisotopic (exact) mass is 327 g/mol. The molecule has 1 aromatic carbocycles. The van der Waals surface area contributed by atoms with Crippen molar-refractivity contribution in [1.82, 2.24) is 5.32 Å². The molecule has 0 aliphatic heterocycles. The predicted molar refractivity (Wildman–Crippen MR) is 84.3 cm³/mol. The van der Waals surface area contributed by atoms with Crippen LogP contribution in [0.2, 0.25) is 0 Å². The molecule has 1 saturated carbocycles. The van der Waals surface area contributed by atoms with Gasteiger partial charge >= 0.3 is 0 Å². The first-order chi connectivity index (χ1) is 8.79. The average Bonchev–Trinajstić information content (AvgIpc) is 2.90. The minimum absolute atomic E-state index is 0.686. The fraction of sp³-hybridized carbons (Fsp3) is 0.600. The molecule has 1 N–H and O–H groups in total. The number of nitrogens with one attached hydrogen (secondary N) is 1. The van der Waals surface area contributed by atoms with Crippen LogP contribution in [0.5, 0.6) is 0 Å². The molecule has 0 amide bonds. The highest BCUT2D eigenvalue weighted by molar-refractivity contribution is 9.10. The van der Waals surface area contributed by atoms with Crippen molar-refractivity contribution in [2.45, 2.75) is 43.5 Å². The standard InChI is InChI=1S/C15H22BrNS/c1-2-17-15(12-5-3-4-6-12)11-18-14-9-7-13(16)8-10-14/h7-10,12,15,17H,2-6,11H2,1H3. The Morgan fingerprint density at radius 3 is 2.56 bits per heavy atom. The number of halogens is 1. The zero-order valence-electron chi connectivity index (χ0n) is 11.0. The van der Waals surface area contributed by atoms with E-state index >= 15 is 0 Å². The minimum atomic E-state index is 0.686. The lowest BCUT2D eigenvalue weighted by Gasteiger charge is -2.24. The molecule has 0 radical (unpaired) electrons. The van der Waals surface area contributed by atoms with E-state index in [0.717, 1.165) is 16.9 Å². The highest BCUT2D eigenvalue weighted by atomic mass is 79.9.